The van der Waals surface area contributed by atoms with Crippen molar-refractivity contribution in [1.82, 2.24) is 4.90 Å². The van der Waals surface area contributed by atoms with Crippen LogP contribution in [0.1, 0.15) is 30.9 Å². The molecule has 0 aromatic heterocycles. The van der Waals surface area contributed by atoms with Gasteiger partial charge in [0.2, 0.25) is 5.91 Å². The van der Waals surface area contributed by atoms with Crippen LogP contribution >= 0.6 is 0 Å². The Balaban J connectivity index is 2.24. The van der Waals surface area contributed by atoms with Gasteiger partial charge in [-0.15, -0.1) is 0 Å². The van der Waals surface area contributed by atoms with E-state index in [0.29, 0.717) is 0 Å². The standard InChI is InChI=1S/C13H18N2O/c1-15-12(10-6-3-2-4-7-10)9-5-8-11(14)13(15)16/h2-4,6-7,11-12H,5,8-9,14H2,1H3/t11-,12-/m0/s1. The summed E-state index contributed by atoms with van der Waals surface area (Å²) >= 11 is 0. The Morgan fingerprint density at radius 1 is 1.25 bits per heavy atom. The van der Waals surface area contributed by atoms with Crippen LogP contribution < -0.4 is 5.73 Å². The second-order valence-corrected chi connectivity index (χ2v) is 4.41. The molecule has 2 N–H and O–H groups in total. The SMILES string of the molecule is CN1C(=O)[C@@H](N)CCC[C@H]1c1ccccc1. The number of benzene rings is 1. The second-order valence-electron chi connectivity index (χ2n) is 4.41. The molecule has 1 aromatic rings. The third-order valence-corrected chi connectivity index (χ3v) is 3.31. The fourth-order valence-electron chi connectivity index (χ4n) is 2.33. The minimum atomic E-state index is -0.321. The highest BCUT2D eigenvalue weighted by molar-refractivity contribution is 5.82. The summed E-state index contributed by atoms with van der Waals surface area (Å²) in [4.78, 5) is 13.7. The lowest BCUT2D eigenvalue weighted by Gasteiger charge is -2.27. The van der Waals surface area contributed by atoms with E-state index in [9.17, 15) is 4.79 Å². The van der Waals surface area contributed by atoms with Gasteiger partial charge in [-0.05, 0) is 24.8 Å². The Bertz CT molecular complexity index is 363. The number of carbonyl (C=O) groups excluding carboxylic acids is 1. The molecule has 1 aliphatic rings. The van der Waals surface area contributed by atoms with E-state index in [2.05, 4.69) is 12.1 Å². The van der Waals surface area contributed by atoms with Crippen molar-refractivity contribution in [2.24, 2.45) is 5.73 Å². The molecule has 1 saturated heterocycles. The van der Waals surface area contributed by atoms with Gasteiger partial charge in [0.05, 0.1) is 12.1 Å². The first-order chi connectivity index (χ1) is 7.70. The summed E-state index contributed by atoms with van der Waals surface area (Å²) in [5.74, 6) is 0.0614. The highest BCUT2D eigenvalue weighted by Crippen LogP contribution is 2.28. The predicted octanol–water partition coefficient (Wildman–Crippen LogP) is 1.70. The summed E-state index contributed by atoms with van der Waals surface area (Å²) < 4.78 is 0. The molecule has 3 nitrogen and oxygen atoms in total. The number of hydrogen-bond acceptors (Lipinski definition) is 2. The quantitative estimate of drug-likeness (QED) is 0.779. The molecule has 0 aliphatic carbocycles. The normalized spacial score (nSPS) is 26.6. The van der Waals surface area contributed by atoms with E-state index in [1.54, 1.807) is 4.90 Å². The molecule has 1 aromatic carbocycles. The van der Waals surface area contributed by atoms with Crippen LogP contribution in [0.25, 0.3) is 0 Å². The molecular formula is C13H18N2O. The number of nitrogens with two attached hydrogens (primary N) is 1. The van der Waals surface area contributed by atoms with Gasteiger partial charge in [0.15, 0.2) is 0 Å². The Morgan fingerprint density at radius 3 is 2.62 bits per heavy atom. The van der Waals surface area contributed by atoms with Crippen molar-refractivity contribution in [2.45, 2.75) is 31.3 Å². The highest BCUT2D eigenvalue weighted by atomic mass is 16.2. The number of rotatable bonds is 1. The number of likely N-dealkylation sites (tertiary alicyclic amines) is 1. The Kier molecular flexibility index (Phi) is 3.25. The van der Waals surface area contributed by atoms with E-state index in [4.69, 9.17) is 5.73 Å². The van der Waals surface area contributed by atoms with Crippen molar-refractivity contribution in [3.8, 4) is 0 Å². The van der Waals surface area contributed by atoms with Crippen LogP contribution in [0.15, 0.2) is 30.3 Å². The molecule has 1 fully saturated rings. The van der Waals surface area contributed by atoms with Crippen molar-refractivity contribution < 1.29 is 4.79 Å². The summed E-state index contributed by atoms with van der Waals surface area (Å²) in [7, 11) is 1.85. The van der Waals surface area contributed by atoms with Crippen molar-refractivity contribution >= 4 is 5.91 Å². The first-order valence-electron chi connectivity index (χ1n) is 5.77. The van der Waals surface area contributed by atoms with Gasteiger partial charge in [0, 0.05) is 7.05 Å². The zero-order chi connectivity index (χ0) is 11.5. The fourth-order valence-corrected chi connectivity index (χ4v) is 2.33. The number of nitrogens with zero attached hydrogens (tertiary/aromatic N) is 1. The molecular weight excluding hydrogens is 200 g/mol. The summed E-state index contributed by atoms with van der Waals surface area (Å²) in [6, 6.07) is 10.0. The minimum absolute atomic E-state index is 0.0614. The molecule has 0 saturated carbocycles. The van der Waals surface area contributed by atoms with E-state index < -0.39 is 0 Å². The van der Waals surface area contributed by atoms with Crippen LogP contribution in [0, 0.1) is 0 Å². The third-order valence-electron chi connectivity index (χ3n) is 3.31. The maximum Gasteiger partial charge on any atom is 0.239 e. The van der Waals surface area contributed by atoms with Gasteiger partial charge in [-0.2, -0.15) is 0 Å². The zero-order valence-electron chi connectivity index (χ0n) is 9.60. The first-order valence-corrected chi connectivity index (χ1v) is 5.77. The van der Waals surface area contributed by atoms with Crippen LogP contribution in [0.5, 0.6) is 0 Å². The van der Waals surface area contributed by atoms with Gasteiger partial charge >= 0.3 is 0 Å². The largest absolute Gasteiger partial charge is 0.337 e. The number of carbonyl (C=O) groups is 1. The molecule has 0 bridgehead atoms. The molecule has 0 spiro atoms. The summed E-state index contributed by atoms with van der Waals surface area (Å²) in [6.45, 7) is 0. The summed E-state index contributed by atoms with van der Waals surface area (Å²) in [6.07, 6.45) is 2.81. The van der Waals surface area contributed by atoms with Crippen molar-refractivity contribution in [3.63, 3.8) is 0 Å². The average Bonchev–Trinajstić information content (AvgIpc) is 2.44. The lowest BCUT2D eigenvalue weighted by Crippen LogP contribution is -2.41. The highest BCUT2D eigenvalue weighted by Gasteiger charge is 2.28. The first kappa shape index (κ1) is 11.1. The van der Waals surface area contributed by atoms with Crippen molar-refractivity contribution in [2.75, 3.05) is 7.05 Å². The molecule has 0 radical (unpaired) electrons. The number of likely N-dealkylation sites (N-methyl/N-ethyl adjacent to an activating group) is 1. The topological polar surface area (TPSA) is 46.3 Å². The summed E-state index contributed by atoms with van der Waals surface area (Å²) in [5.41, 5.74) is 7.02. The molecule has 1 amide bonds. The van der Waals surface area contributed by atoms with E-state index in [1.807, 2.05) is 25.2 Å². The van der Waals surface area contributed by atoms with Gasteiger partial charge in [0.25, 0.3) is 0 Å². The molecule has 16 heavy (non-hydrogen) atoms. The number of amides is 1. The molecule has 86 valence electrons. The van der Waals surface area contributed by atoms with E-state index in [0.717, 1.165) is 19.3 Å². The maximum absolute atomic E-state index is 11.9. The van der Waals surface area contributed by atoms with Crippen LogP contribution in [-0.4, -0.2) is 23.9 Å². The maximum atomic E-state index is 11.9. The zero-order valence-corrected chi connectivity index (χ0v) is 9.60. The Morgan fingerprint density at radius 2 is 1.94 bits per heavy atom. The number of hydrogen-bond donors (Lipinski definition) is 1. The van der Waals surface area contributed by atoms with Crippen LogP contribution in [0.4, 0.5) is 0 Å². The fraction of sp³-hybridized carbons (Fsp3) is 0.462. The van der Waals surface area contributed by atoms with Crippen LogP contribution in [0.2, 0.25) is 0 Å². The van der Waals surface area contributed by atoms with Crippen molar-refractivity contribution in [3.05, 3.63) is 35.9 Å². The van der Waals surface area contributed by atoms with Crippen LogP contribution in [0.3, 0.4) is 0 Å². The van der Waals surface area contributed by atoms with Gasteiger partial charge in [-0.3, -0.25) is 4.79 Å². The molecule has 0 unspecified atom stereocenters. The molecule has 2 atom stereocenters. The summed E-state index contributed by atoms with van der Waals surface area (Å²) in [5, 5.41) is 0. The Hall–Kier alpha value is -1.35. The van der Waals surface area contributed by atoms with Gasteiger partial charge in [-0.1, -0.05) is 30.3 Å². The lowest BCUT2D eigenvalue weighted by molar-refractivity contribution is -0.132. The van der Waals surface area contributed by atoms with E-state index in [-0.39, 0.29) is 18.0 Å². The molecule has 1 aliphatic heterocycles. The van der Waals surface area contributed by atoms with Crippen molar-refractivity contribution in [1.29, 1.82) is 0 Å². The lowest BCUT2D eigenvalue weighted by atomic mass is 10.0. The monoisotopic (exact) mass is 218 g/mol. The predicted molar refractivity (Wildman–Crippen MR) is 63.8 cm³/mol. The third kappa shape index (κ3) is 2.09. The van der Waals surface area contributed by atoms with Gasteiger partial charge < -0.3 is 10.6 Å². The Labute approximate surface area is 96.2 Å². The van der Waals surface area contributed by atoms with E-state index in [1.165, 1.54) is 5.56 Å². The van der Waals surface area contributed by atoms with Gasteiger partial charge in [-0.25, -0.2) is 0 Å². The molecule has 2 rings (SSSR count). The molecule has 3 heteroatoms. The molecule has 1 heterocycles. The second kappa shape index (κ2) is 4.66. The van der Waals surface area contributed by atoms with Crippen LogP contribution in [-0.2, 0) is 4.79 Å². The van der Waals surface area contributed by atoms with E-state index >= 15 is 0 Å². The van der Waals surface area contributed by atoms with Gasteiger partial charge in [0.1, 0.15) is 0 Å². The minimum Gasteiger partial charge on any atom is -0.337 e. The average molecular weight is 218 g/mol. The smallest absolute Gasteiger partial charge is 0.239 e.